The largest absolute Gasteiger partial charge is 0.486 e. The lowest BCUT2D eigenvalue weighted by Crippen LogP contribution is -2.10. The van der Waals surface area contributed by atoms with E-state index in [2.05, 4.69) is 16.9 Å². The lowest BCUT2D eigenvalue weighted by molar-refractivity contribution is 0.111. The smallest absolute Gasteiger partial charge is 0.172 e. The van der Waals surface area contributed by atoms with Crippen LogP contribution < -0.4 is 4.74 Å². The summed E-state index contributed by atoms with van der Waals surface area (Å²) in [6.45, 7) is 6.35. The van der Waals surface area contributed by atoms with Gasteiger partial charge in [0.25, 0.3) is 0 Å². The molecule has 2 aromatic rings. The molecule has 104 valence electrons. The van der Waals surface area contributed by atoms with Gasteiger partial charge in [-0.15, -0.1) is 5.10 Å². The number of hydrogen-bond donors (Lipinski definition) is 0. The molecule has 0 atom stereocenters. The van der Waals surface area contributed by atoms with Crippen molar-refractivity contribution >= 4 is 17.9 Å². The maximum absolute atomic E-state index is 11.0. The number of rotatable bonds is 6. The number of nitrogens with zero attached hydrogens (tertiary/aromatic N) is 3. The van der Waals surface area contributed by atoms with E-state index in [1.165, 1.54) is 0 Å². The van der Waals surface area contributed by atoms with Gasteiger partial charge in [0.05, 0.1) is 11.6 Å². The molecule has 0 radical (unpaired) electrons. The number of carbonyl (C=O) groups is 1. The summed E-state index contributed by atoms with van der Waals surface area (Å²) in [7, 11) is 0. The molecule has 20 heavy (non-hydrogen) atoms. The molecule has 0 spiro atoms. The Morgan fingerprint density at radius 2 is 2.25 bits per heavy atom. The average Bonchev–Trinajstić information content (AvgIpc) is 2.79. The maximum Gasteiger partial charge on any atom is 0.172 e. The molecular formula is C14H14ClN3O2. The molecule has 6 heteroatoms. The number of hydrogen-bond acceptors (Lipinski definition) is 4. The zero-order chi connectivity index (χ0) is 14.5. The van der Waals surface area contributed by atoms with Crippen molar-refractivity contribution in [1.82, 2.24) is 15.0 Å². The van der Waals surface area contributed by atoms with Crippen LogP contribution in [-0.2, 0) is 13.2 Å². The van der Waals surface area contributed by atoms with Crippen LogP contribution >= 0.6 is 11.6 Å². The summed E-state index contributed by atoms with van der Waals surface area (Å²) < 4.78 is 7.22. The summed E-state index contributed by atoms with van der Waals surface area (Å²) in [4.78, 5) is 11.0. The molecule has 1 aromatic carbocycles. The third-order valence-electron chi connectivity index (χ3n) is 2.60. The Hall–Kier alpha value is -2.14. The van der Waals surface area contributed by atoms with E-state index >= 15 is 0 Å². The summed E-state index contributed by atoms with van der Waals surface area (Å²) >= 11 is 6.02. The van der Waals surface area contributed by atoms with Gasteiger partial charge in [-0.25, -0.2) is 4.68 Å². The summed E-state index contributed by atoms with van der Waals surface area (Å²) in [6.07, 6.45) is 0.660. The molecule has 1 heterocycles. The molecule has 0 bridgehead atoms. The van der Waals surface area contributed by atoms with Crippen LogP contribution in [0.4, 0.5) is 0 Å². The van der Waals surface area contributed by atoms with Crippen LogP contribution in [0.2, 0.25) is 5.02 Å². The fourth-order valence-corrected chi connectivity index (χ4v) is 1.87. The first-order chi connectivity index (χ1) is 9.61. The van der Waals surface area contributed by atoms with Gasteiger partial charge in [-0.1, -0.05) is 41.1 Å². The van der Waals surface area contributed by atoms with Gasteiger partial charge in [0.1, 0.15) is 18.1 Å². The van der Waals surface area contributed by atoms with Crippen LogP contribution in [0.5, 0.6) is 5.75 Å². The average molecular weight is 292 g/mol. The van der Waals surface area contributed by atoms with Gasteiger partial charge in [0.2, 0.25) is 0 Å². The number of ether oxygens (including phenoxy) is 1. The molecule has 0 aliphatic heterocycles. The Bertz CT molecular complexity index is 637. The second-order valence-electron chi connectivity index (χ2n) is 4.37. The zero-order valence-electron chi connectivity index (χ0n) is 11.0. The summed E-state index contributed by atoms with van der Waals surface area (Å²) in [5.74, 6) is 0.550. The highest BCUT2D eigenvalue weighted by Gasteiger charge is 2.13. The number of halogens is 1. The highest BCUT2D eigenvalue weighted by atomic mass is 35.5. The fourth-order valence-electron chi connectivity index (χ4n) is 1.68. The van der Waals surface area contributed by atoms with E-state index in [0.717, 1.165) is 5.57 Å². The molecule has 0 saturated carbocycles. The van der Waals surface area contributed by atoms with Crippen LogP contribution in [0.15, 0.2) is 36.4 Å². The van der Waals surface area contributed by atoms with Crippen LogP contribution in [0.3, 0.4) is 0 Å². The Morgan fingerprint density at radius 3 is 2.90 bits per heavy atom. The summed E-state index contributed by atoms with van der Waals surface area (Å²) in [5, 5.41) is 8.25. The number of benzene rings is 1. The minimum absolute atomic E-state index is 0.165. The van der Waals surface area contributed by atoms with E-state index in [4.69, 9.17) is 16.3 Å². The van der Waals surface area contributed by atoms with E-state index in [-0.39, 0.29) is 12.3 Å². The van der Waals surface area contributed by atoms with Crippen molar-refractivity contribution in [2.24, 2.45) is 0 Å². The molecule has 0 saturated heterocycles. The topological polar surface area (TPSA) is 57.0 Å². The molecule has 0 aliphatic rings. The SMILES string of the molecule is C=C(C)Cn1nnc(C=O)c1COc1ccccc1Cl. The number of aromatic nitrogens is 3. The molecule has 0 amide bonds. The van der Waals surface area contributed by atoms with Gasteiger partial charge < -0.3 is 4.74 Å². The van der Waals surface area contributed by atoms with Crippen molar-refractivity contribution in [3.63, 3.8) is 0 Å². The molecule has 1 aromatic heterocycles. The third-order valence-corrected chi connectivity index (χ3v) is 2.91. The van der Waals surface area contributed by atoms with Gasteiger partial charge >= 0.3 is 0 Å². The number of aldehydes is 1. The maximum atomic E-state index is 11.0. The fraction of sp³-hybridized carbons (Fsp3) is 0.214. The van der Waals surface area contributed by atoms with Crippen LogP contribution in [-0.4, -0.2) is 21.3 Å². The van der Waals surface area contributed by atoms with Crippen molar-refractivity contribution < 1.29 is 9.53 Å². The monoisotopic (exact) mass is 291 g/mol. The second kappa shape index (κ2) is 6.34. The number of allylic oxidation sites excluding steroid dienone is 1. The van der Waals surface area contributed by atoms with Gasteiger partial charge in [-0.3, -0.25) is 4.79 Å². The van der Waals surface area contributed by atoms with Crippen molar-refractivity contribution in [1.29, 1.82) is 0 Å². The molecule has 2 rings (SSSR count). The first-order valence-electron chi connectivity index (χ1n) is 6.01. The van der Waals surface area contributed by atoms with Crippen LogP contribution in [0, 0.1) is 0 Å². The van der Waals surface area contributed by atoms with Gasteiger partial charge in [0, 0.05) is 0 Å². The van der Waals surface area contributed by atoms with Gasteiger partial charge in [-0.05, 0) is 19.1 Å². The molecule has 0 fully saturated rings. The predicted octanol–water partition coefficient (Wildman–Crippen LogP) is 2.90. The predicted molar refractivity (Wildman–Crippen MR) is 76.0 cm³/mol. The highest BCUT2D eigenvalue weighted by molar-refractivity contribution is 6.32. The third kappa shape index (κ3) is 3.24. The standard InChI is InChI=1S/C14H14ClN3O2/c1-10(2)7-18-13(12(8-19)16-17-18)9-20-14-6-4-3-5-11(14)15/h3-6,8H,1,7,9H2,2H3. The summed E-state index contributed by atoms with van der Waals surface area (Å²) in [6, 6.07) is 7.14. The van der Waals surface area contributed by atoms with Crippen molar-refractivity contribution in [3.05, 3.63) is 52.8 Å². The normalized spacial score (nSPS) is 10.3. The zero-order valence-corrected chi connectivity index (χ0v) is 11.8. The molecular weight excluding hydrogens is 278 g/mol. The Labute approximate surface area is 121 Å². The van der Waals surface area contributed by atoms with Crippen molar-refractivity contribution in [3.8, 4) is 5.75 Å². The Kier molecular flexibility index (Phi) is 4.53. The highest BCUT2D eigenvalue weighted by Crippen LogP contribution is 2.24. The number of carbonyl (C=O) groups excluding carboxylic acids is 1. The summed E-state index contributed by atoms with van der Waals surface area (Å²) in [5.41, 5.74) is 1.77. The number of para-hydroxylation sites is 1. The van der Waals surface area contributed by atoms with Crippen molar-refractivity contribution in [2.75, 3.05) is 0 Å². The minimum Gasteiger partial charge on any atom is -0.486 e. The first kappa shape index (κ1) is 14.3. The lowest BCUT2D eigenvalue weighted by Gasteiger charge is -2.09. The molecule has 0 N–H and O–H groups in total. The van der Waals surface area contributed by atoms with Gasteiger partial charge in [0.15, 0.2) is 12.0 Å². The minimum atomic E-state index is 0.165. The van der Waals surface area contributed by atoms with E-state index in [9.17, 15) is 4.79 Å². The van der Waals surface area contributed by atoms with E-state index in [1.807, 2.05) is 19.1 Å². The molecule has 0 aliphatic carbocycles. The van der Waals surface area contributed by atoms with Crippen LogP contribution in [0.25, 0.3) is 0 Å². The van der Waals surface area contributed by atoms with Crippen molar-refractivity contribution in [2.45, 2.75) is 20.1 Å². The van der Waals surface area contributed by atoms with E-state index in [1.54, 1.807) is 16.8 Å². The Balaban J connectivity index is 2.19. The molecule has 0 unspecified atom stereocenters. The van der Waals surface area contributed by atoms with E-state index in [0.29, 0.717) is 29.3 Å². The Morgan fingerprint density at radius 1 is 1.50 bits per heavy atom. The van der Waals surface area contributed by atoms with Crippen LogP contribution in [0.1, 0.15) is 23.1 Å². The lowest BCUT2D eigenvalue weighted by atomic mass is 10.3. The molecule has 5 nitrogen and oxygen atoms in total. The van der Waals surface area contributed by atoms with Gasteiger partial charge in [-0.2, -0.15) is 0 Å². The second-order valence-corrected chi connectivity index (χ2v) is 4.78. The van der Waals surface area contributed by atoms with E-state index < -0.39 is 0 Å². The first-order valence-corrected chi connectivity index (χ1v) is 6.39. The quantitative estimate of drug-likeness (QED) is 0.606.